The molecular weight excluding hydrogens is 693 g/mol. The van der Waals surface area contributed by atoms with Crippen LogP contribution in [0.1, 0.15) is 56.3 Å². The zero-order valence-corrected chi connectivity index (χ0v) is 29.0. The molecule has 1 aliphatic heterocycles. The Morgan fingerprint density at radius 1 is 0.980 bits per heavy atom. The number of oxazole rings is 1. The van der Waals surface area contributed by atoms with E-state index in [1.54, 1.807) is 44.2 Å². The fourth-order valence-electron chi connectivity index (χ4n) is 5.61. The number of carbonyl (C=O) groups excluding carboxylic acids is 5. The van der Waals surface area contributed by atoms with Gasteiger partial charge in [-0.3, -0.25) is 28.8 Å². The number of halogens is 2. The summed E-state index contributed by atoms with van der Waals surface area (Å²) in [4.78, 5) is 83.2. The summed E-state index contributed by atoms with van der Waals surface area (Å²) in [5.74, 6) is -5.55. The minimum absolute atomic E-state index is 0.0353. The Labute approximate surface area is 297 Å². The Balaban J connectivity index is 1.49. The van der Waals surface area contributed by atoms with E-state index in [1.165, 1.54) is 30.2 Å². The van der Waals surface area contributed by atoms with Gasteiger partial charge in [0, 0.05) is 19.9 Å². The van der Waals surface area contributed by atoms with Crippen molar-refractivity contribution < 1.29 is 43.4 Å². The third-order valence-corrected chi connectivity index (χ3v) is 8.71. The number of phenols is 1. The molecule has 1 saturated heterocycles. The summed E-state index contributed by atoms with van der Waals surface area (Å²) >= 11 is 12.5. The first-order valence-corrected chi connectivity index (χ1v) is 16.5. The standard InChI is InChI=1S/C34H37Cl2N5O9/c1-17(2)29(40-31(47)24(38-18(3)42)14-19-9-11-20(43)12-10-19)34(49)41-13-5-8-25(41)32(48)39-23(15-27(44)45)30(46)33-37-16-26(50-33)28-21(35)6-4-7-22(28)36/h4,6-7,9-12,16-17,23-25,29,43H,5,8,13-15H2,1-3H3,(H,38,42)(H,39,48)(H,40,47)(H,44,45). The highest BCUT2D eigenvalue weighted by molar-refractivity contribution is 6.39. The van der Waals surface area contributed by atoms with E-state index < -0.39 is 77.8 Å². The Morgan fingerprint density at radius 2 is 1.64 bits per heavy atom. The maximum atomic E-state index is 13.9. The number of aliphatic carboxylic acids is 1. The minimum atomic E-state index is -1.59. The molecule has 0 saturated carbocycles. The molecule has 266 valence electrons. The van der Waals surface area contributed by atoms with Gasteiger partial charge in [0.25, 0.3) is 5.89 Å². The second-order valence-corrected chi connectivity index (χ2v) is 13.0. The van der Waals surface area contributed by atoms with E-state index in [4.69, 9.17) is 27.6 Å². The summed E-state index contributed by atoms with van der Waals surface area (Å²) in [5.41, 5.74) is 0.927. The highest BCUT2D eigenvalue weighted by Crippen LogP contribution is 2.35. The molecule has 16 heteroatoms. The van der Waals surface area contributed by atoms with Gasteiger partial charge in [0.2, 0.25) is 29.4 Å². The van der Waals surface area contributed by atoms with Crippen LogP contribution in [-0.2, 0) is 30.4 Å². The molecule has 4 unspecified atom stereocenters. The summed E-state index contributed by atoms with van der Waals surface area (Å²) in [7, 11) is 0. The van der Waals surface area contributed by atoms with E-state index >= 15 is 0 Å². The first-order valence-electron chi connectivity index (χ1n) is 15.8. The van der Waals surface area contributed by atoms with Crippen molar-refractivity contribution >= 4 is 58.6 Å². The molecule has 2 aromatic carbocycles. The number of hydrogen-bond acceptors (Lipinski definition) is 9. The van der Waals surface area contributed by atoms with Crippen LogP contribution in [0.15, 0.2) is 53.1 Å². The molecule has 0 spiro atoms. The van der Waals surface area contributed by atoms with Gasteiger partial charge in [0.1, 0.15) is 29.9 Å². The SMILES string of the molecule is CC(=O)NC(Cc1ccc(O)cc1)C(=O)NC(C(=O)N1CCCC1C(=O)NC(CC(=O)O)C(=O)c1ncc(-c2c(Cl)cccc2Cl)o1)C(C)C. The van der Waals surface area contributed by atoms with E-state index in [-0.39, 0.29) is 46.5 Å². The Kier molecular flexibility index (Phi) is 12.6. The van der Waals surface area contributed by atoms with Gasteiger partial charge in [-0.1, -0.05) is 55.2 Å². The summed E-state index contributed by atoms with van der Waals surface area (Å²) in [6.07, 6.45) is 1.13. The van der Waals surface area contributed by atoms with Crippen LogP contribution in [0.5, 0.6) is 5.75 Å². The molecule has 4 rings (SSSR count). The van der Waals surface area contributed by atoms with Crippen LogP contribution >= 0.6 is 23.2 Å². The van der Waals surface area contributed by atoms with Crippen molar-refractivity contribution in [1.82, 2.24) is 25.8 Å². The maximum absolute atomic E-state index is 13.9. The Morgan fingerprint density at radius 3 is 2.24 bits per heavy atom. The Hall–Kier alpha value is -4.95. The van der Waals surface area contributed by atoms with E-state index in [0.29, 0.717) is 12.0 Å². The first-order chi connectivity index (χ1) is 23.7. The number of aromatic nitrogens is 1. The molecule has 14 nitrogen and oxygen atoms in total. The number of Topliss-reactive ketones (excluding diaryl/α,β-unsaturated/α-hetero) is 1. The van der Waals surface area contributed by atoms with Crippen LogP contribution in [0.25, 0.3) is 11.3 Å². The number of hydrogen-bond donors (Lipinski definition) is 5. The lowest BCUT2D eigenvalue weighted by molar-refractivity contribution is -0.143. The number of ketones is 1. The van der Waals surface area contributed by atoms with E-state index in [1.807, 2.05) is 0 Å². The molecule has 1 fully saturated rings. The fraction of sp³-hybridized carbons (Fsp3) is 0.382. The maximum Gasteiger partial charge on any atom is 0.305 e. The Bertz CT molecular complexity index is 1740. The van der Waals surface area contributed by atoms with Gasteiger partial charge in [0.15, 0.2) is 5.76 Å². The van der Waals surface area contributed by atoms with Crippen LogP contribution in [-0.4, -0.2) is 86.2 Å². The number of phenolic OH excluding ortho intramolecular Hbond substituents is 1. The molecule has 0 radical (unpaired) electrons. The van der Waals surface area contributed by atoms with Gasteiger partial charge in [-0.15, -0.1) is 0 Å². The molecule has 50 heavy (non-hydrogen) atoms. The van der Waals surface area contributed by atoms with Crippen molar-refractivity contribution in [3.05, 3.63) is 70.2 Å². The summed E-state index contributed by atoms with van der Waals surface area (Å²) in [5, 5.41) is 27.4. The topological polar surface area (TPSA) is 208 Å². The molecule has 4 amide bonds. The average Bonchev–Trinajstić information content (AvgIpc) is 3.74. The smallest absolute Gasteiger partial charge is 0.305 e. The second-order valence-electron chi connectivity index (χ2n) is 12.2. The molecule has 1 aromatic heterocycles. The van der Waals surface area contributed by atoms with Crippen LogP contribution in [0.3, 0.4) is 0 Å². The number of aromatic hydroxyl groups is 1. The largest absolute Gasteiger partial charge is 0.508 e. The van der Waals surface area contributed by atoms with Crippen LogP contribution in [0, 0.1) is 5.92 Å². The number of carboxylic acids is 1. The third kappa shape index (κ3) is 9.39. The van der Waals surface area contributed by atoms with Gasteiger partial charge in [-0.2, -0.15) is 0 Å². The first kappa shape index (κ1) is 37.9. The lowest BCUT2D eigenvalue weighted by Gasteiger charge is -2.32. The predicted molar refractivity (Wildman–Crippen MR) is 181 cm³/mol. The number of carboxylic acid groups (broad SMARTS) is 1. The van der Waals surface area contributed by atoms with Crippen molar-refractivity contribution in [2.45, 2.75) is 70.6 Å². The van der Waals surface area contributed by atoms with Crippen LogP contribution in [0.4, 0.5) is 0 Å². The number of amides is 4. The highest BCUT2D eigenvalue weighted by Gasteiger charge is 2.41. The van der Waals surface area contributed by atoms with Gasteiger partial charge < -0.3 is 35.5 Å². The van der Waals surface area contributed by atoms with Crippen LogP contribution < -0.4 is 16.0 Å². The number of benzene rings is 2. The van der Waals surface area contributed by atoms with Crippen molar-refractivity contribution in [2.24, 2.45) is 5.92 Å². The predicted octanol–water partition coefficient (Wildman–Crippen LogP) is 3.38. The summed E-state index contributed by atoms with van der Waals surface area (Å²) in [6, 6.07) is 6.04. The summed E-state index contributed by atoms with van der Waals surface area (Å²) in [6.45, 7) is 4.85. The van der Waals surface area contributed by atoms with E-state index in [9.17, 15) is 39.0 Å². The quantitative estimate of drug-likeness (QED) is 0.153. The normalized spacial score (nSPS) is 16.0. The molecule has 0 bridgehead atoms. The number of carbonyl (C=O) groups is 6. The van der Waals surface area contributed by atoms with Crippen molar-refractivity contribution in [3.8, 4) is 17.1 Å². The summed E-state index contributed by atoms with van der Waals surface area (Å²) < 4.78 is 5.59. The van der Waals surface area contributed by atoms with Gasteiger partial charge in [-0.05, 0) is 48.6 Å². The minimum Gasteiger partial charge on any atom is -0.508 e. The zero-order valence-electron chi connectivity index (χ0n) is 27.4. The van der Waals surface area contributed by atoms with Crippen LogP contribution in [0.2, 0.25) is 10.0 Å². The number of nitrogens with one attached hydrogen (secondary N) is 3. The van der Waals surface area contributed by atoms with E-state index in [2.05, 4.69) is 20.9 Å². The van der Waals surface area contributed by atoms with Gasteiger partial charge >= 0.3 is 5.97 Å². The molecule has 0 aliphatic carbocycles. The second kappa shape index (κ2) is 16.6. The molecule has 1 aliphatic rings. The number of likely N-dealkylation sites (tertiary alicyclic amines) is 1. The lowest BCUT2D eigenvalue weighted by atomic mass is 10.00. The molecule has 2 heterocycles. The van der Waals surface area contributed by atoms with Crippen molar-refractivity contribution in [3.63, 3.8) is 0 Å². The molecule has 3 aromatic rings. The van der Waals surface area contributed by atoms with Gasteiger partial charge in [-0.25, -0.2) is 4.98 Å². The van der Waals surface area contributed by atoms with E-state index in [0.717, 1.165) is 0 Å². The number of nitrogens with zero attached hydrogens (tertiary/aromatic N) is 2. The third-order valence-electron chi connectivity index (χ3n) is 8.08. The fourth-order valence-corrected chi connectivity index (χ4v) is 6.19. The highest BCUT2D eigenvalue weighted by atomic mass is 35.5. The zero-order chi connectivity index (χ0) is 36.7. The lowest BCUT2D eigenvalue weighted by Crippen LogP contribution is -2.59. The molecular formula is C34H37Cl2N5O9. The average molecular weight is 731 g/mol. The number of rotatable bonds is 14. The van der Waals surface area contributed by atoms with Crippen molar-refractivity contribution in [2.75, 3.05) is 6.54 Å². The monoisotopic (exact) mass is 729 g/mol. The molecule has 5 N–H and O–H groups in total. The van der Waals surface area contributed by atoms with Gasteiger partial charge in [0.05, 0.1) is 28.2 Å². The van der Waals surface area contributed by atoms with Crippen molar-refractivity contribution in [1.29, 1.82) is 0 Å². The molecule has 4 atom stereocenters.